The van der Waals surface area contributed by atoms with E-state index in [0.29, 0.717) is 24.5 Å². The fourth-order valence-corrected chi connectivity index (χ4v) is 2.28. The molecule has 1 aliphatic heterocycles. The van der Waals surface area contributed by atoms with E-state index in [9.17, 15) is 5.21 Å². The highest BCUT2D eigenvalue weighted by molar-refractivity contribution is 6.50. The molecular formula is C16H16N4O. The predicted octanol–water partition coefficient (Wildman–Crippen LogP) is 2.20. The van der Waals surface area contributed by atoms with Gasteiger partial charge < -0.3 is 10.9 Å². The minimum Gasteiger partial charge on any atom is -0.411 e. The van der Waals surface area contributed by atoms with Crippen molar-refractivity contribution in [2.45, 2.75) is 6.54 Å². The Bertz CT molecular complexity index is 677. The molecule has 1 aliphatic rings. The summed E-state index contributed by atoms with van der Waals surface area (Å²) in [7, 11) is 0. The number of hydrazone groups is 1. The van der Waals surface area contributed by atoms with Crippen LogP contribution in [0.3, 0.4) is 0 Å². The molecule has 0 atom stereocenters. The molecule has 0 radical (unpaired) electrons. The zero-order chi connectivity index (χ0) is 14.7. The second-order valence-corrected chi connectivity index (χ2v) is 4.79. The fourth-order valence-electron chi connectivity index (χ4n) is 2.28. The number of hydrogen-bond acceptors (Lipinski definition) is 5. The average Bonchev–Trinajstić information content (AvgIpc) is 3.00. The van der Waals surface area contributed by atoms with Crippen molar-refractivity contribution in [3.63, 3.8) is 0 Å². The first-order valence-electron chi connectivity index (χ1n) is 6.73. The topological polar surface area (TPSA) is 74.2 Å². The van der Waals surface area contributed by atoms with Crippen LogP contribution in [0.15, 0.2) is 64.9 Å². The zero-order valence-electron chi connectivity index (χ0n) is 11.5. The largest absolute Gasteiger partial charge is 0.411 e. The first-order chi connectivity index (χ1) is 10.3. The molecule has 0 saturated carbocycles. The Balaban J connectivity index is 1.95. The first-order valence-corrected chi connectivity index (χ1v) is 6.73. The predicted molar refractivity (Wildman–Crippen MR) is 83.9 cm³/mol. The van der Waals surface area contributed by atoms with Gasteiger partial charge in [-0.3, -0.25) is 5.01 Å². The monoisotopic (exact) mass is 280 g/mol. The van der Waals surface area contributed by atoms with E-state index in [0.717, 1.165) is 16.8 Å². The molecule has 0 unspecified atom stereocenters. The Labute approximate surface area is 123 Å². The van der Waals surface area contributed by atoms with Crippen LogP contribution in [-0.2, 0) is 6.54 Å². The van der Waals surface area contributed by atoms with Gasteiger partial charge in [-0.15, -0.1) is 0 Å². The van der Waals surface area contributed by atoms with Crippen LogP contribution in [0.5, 0.6) is 0 Å². The van der Waals surface area contributed by atoms with Gasteiger partial charge in [-0.2, -0.15) is 5.10 Å². The number of hydrogen-bond donors (Lipinski definition) is 2. The van der Waals surface area contributed by atoms with Gasteiger partial charge in [-0.25, -0.2) is 0 Å². The molecule has 0 aliphatic carbocycles. The lowest BCUT2D eigenvalue weighted by Crippen LogP contribution is -2.19. The van der Waals surface area contributed by atoms with Crippen molar-refractivity contribution < 1.29 is 5.21 Å². The lowest BCUT2D eigenvalue weighted by molar-refractivity contribution is 0.319. The van der Waals surface area contributed by atoms with Crippen LogP contribution in [0.25, 0.3) is 0 Å². The number of nitrogens with two attached hydrogens (primary N) is 1. The Morgan fingerprint density at radius 3 is 2.43 bits per heavy atom. The molecule has 3 rings (SSSR count). The highest BCUT2D eigenvalue weighted by Crippen LogP contribution is 2.20. The average molecular weight is 280 g/mol. The molecule has 0 fully saturated rings. The van der Waals surface area contributed by atoms with Crippen LogP contribution < -0.4 is 10.7 Å². The molecule has 2 aromatic carbocycles. The first kappa shape index (κ1) is 13.3. The van der Waals surface area contributed by atoms with Crippen LogP contribution in [0, 0.1) is 0 Å². The Hall–Kier alpha value is -2.66. The van der Waals surface area contributed by atoms with Gasteiger partial charge in [0.25, 0.3) is 0 Å². The summed E-state index contributed by atoms with van der Waals surface area (Å²) in [5, 5.41) is 19.0. The Morgan fingerprint density at radius 2 is 1.81 bits per heavy atom. The van der Waals surface area contributed by atoms with Crippen molar-refractivity contribution in [1.29, 1.82) is 0 Å². The maximum Gasteiger partial charge on any atom is 0.129 e. The van der Waals surface area contributed by atoms with E-state index in [1.807, 2.05) is 59.6 Å². The van der Waals surface area contributed by atoms with Crippen LogP contribution in [0.4, 0.5) is 5.69 Å². The van der Waals surface area contributed by atoms with Crippen LogP contribution >= 0.6 is 0 Å². The van der Waals surface area contributed by atoms with E-state index in [4.69, 9.17) is 5.73 Å². The zero-order valence-corrected chi connectivity index (χ0v) is 11.5. The second kappa shape index (κ2) is 5.76. The van der Waals surface area contributed by atoms with E-state index in [2.05, 4.69) is 10.3 Å². The van der Waals surface area contributed by atoms with Crippen molar-refractivity contribution in [3.05, 3.63) is 65.7 Å². The molecule has 0 bridgehead atoms. The van der Waals surface area contributed by atoms with Crippen LogP contribution in [-0.4, -0.2) is 23.2 Å². The quantitative estimate of drug-likeness (QED) is 0.668. The third kappa shape index (κ3) is 2.64. The van der Waals surface area contributed by atoms with Crippen molar-refractivity contribution >= 4 is 17.1 Å². The summed E-state index contributed by atoms with van der Waals surface area (Å²) in [6.07, 6.45) is 0. The molecule has 5 heteroatoms. The SMILES string of the molecule is NCc1ccc(C2=NN(c3ccccc3)CC2=NO)cc1. The third-order valence-electron chi connectivity index (χ3n) is 3.43. The molecule has 1 heterocycles. The van der Waals surface area contributed by atoms with Crippen molar-refractivity contribution in [2.24, 2.45) is 16.0 Å². The maximum absolute atomic E-state index is 9.22. The number of anilines is 1. The normalized spacial score (nSPS) is 16.3. The second-order valence-electron chi connectivity index (χ2n) is 4.79. The Morgan fingerprint density at radius 1 is 1.10 bits per heavy atom. The molecular weight excluding hydrogens is 264 g/mol. The summed E-state index contributed by atoms with van der Waals surface area (Å²) in [5.74, 6) is 0. The molecule has 3 N–H and O–H groups in total. The van der Waals surface area contributed by atoms with E-state index < -0.39 is 0 Å². The number of benzene rings is 2. The minimum atomic E-state index is 0.453. The van der Waals surface area contributed by atoms with Crippen LogP contribution in [0.2, 0.25) is 0 Å². The summed E-state index contributed by atoms with van der Waals surface area (Å²) < 4.78 is 0. The van der Waals surface area contributed by atoms with Gasteiger partial charge in [-0.05, 0) is 17.7 Å². The molecule has 0 amide bonds. The van der Waals surface area contributed by atoms with Gasteiger partial charge in [-0.1, -0.05) is 47.6 Å². The summed E-state index contributed by atoms with van der Waals surface area (Å²) in [5.41, 5.74) is 9.78. The molecule has 106 valence electrons. The van der Waals surface area contributed by atoms with Gasteiger partial charge in [0.1, 0.15) is 11.4 Å². The standard InChI is InChI=1S/C16H16N4O/c17-10-12-6-8-13(9-7-12)16-15(19-21)11-20(18-16)14-4-2-1-3-5-14/h1-9,21H,10-11,17H2. The lowest BCUT2D eigenvalue weighted by Gasteiger charge is -2.12. The fraction of sp³-hybridized carbons (Fsp3) is 0.125. The van der Waals surface area contributed by atoms with Crippen molar-refractivity contribution in [2.75, 3.05) is 11.6 Å². The number of oxime groups is 1. The van der Waals surface area contributed by atoms with Gasteiger partial charge in [0.2, 0.25) is 0 Å². The van der Waals surface area contributed by atoms with E-state index in [-0.39, 0.29) is 0 Å². The third-order valence-corrected chi connectivity index (χ3v) is 3.43. The van der Waals surface area contributed by atoms with Crippen molar-refractivity contribution in [1.82, 2.24) is 0 Å². The van der Waals surface area contributed by atoms with E-state index in [1.165, 1.54) is 0 Å². The van der Waals surface area contributed by atoms with Gasteiger partial charge in [0, 0.05) is 12.1 Å². The van der Waals surface area contributed by atoms with Crippen LogP contribution in [0.1, 0.15) is 11.1 Å². The lowest BCUT2D eigenvalue weighted by atomic mass is 10.0. The maximum atomic E-state index is 9.22. The summed E-state index contributed by atoms with van der Waals surface area (Å²) in [4.78, 5) is 0. The smallest absolute Gasteiger partial charge is 0.129 e. The molecule has 0 saturated heterocycles. The van der Waals surface area contributed by atoms with E-state index in [1.54, 1.807) is 0 Å². The summed E-state index contributed by atoms with van der Waals surface area (Å²) >= 11 is 0. The van der Waals surface area contributed by atoms with Gasteiger partial charge in [0.05, 0.1) is 12.2 Å². The highest BCUT2D eigenvalue weighted by atomic mass is 16.4. The number of rotatable bonds is 3. The highest BCUT2D eigenvalue weighted by Gasteiger charge is 2.24. The Kier molecular flexibility index (Phi) is 3.66. The summed E-state index contributed by atoms with van der Waals surface area (Å²) in [6, 6.07) is 17.6. The number of nitrogens with zero attached hydrogens (tertiary/aromatic N) is 3. The molecule has 21 heavy (non-hydrogen) atoms. The van der Waals surface area contributed by atoms with E-state index >= 15 is 0 Å². The van der Waals surface area contributed by atoms with Gasteiger partial charge >= 0.3 is 0 Å². The number of para-hydroxylation sites is 1. The van der Waals surface area contributed by atoms with Crippen molar-refractivity contribution in [3.8, 4) is 0 Å². The molecule has 0 spiro atoms. The van der Waals surface area contributed by atoms with Gasteiger partial charge in [0.15, 0.2) is 0 Å². The molecule has 0 aromatic heterocycles. The molecule has 2 aromatic rings. The summed E-state index contributed by atoms with van der Waals surface area (Å²) in [6.45, 7) is 0.957. The minimum absolute atomic E-state index is 0.453. The molecule has 5 nitrogen and oxygen atoms in total.